The van der Waals surface area contributed by atoms with Gasteiger partial charge in [-0.2, -0.15) is 0 Å². The van der Waals surface area contributed by atoms with E-state index in [0.717, 1.165) is 11.7 Å². The Bertz CT molecular complexity index is 472. The minimum absolute atomic E-state index is 0.0257. The van der Waals surface area contributed by atoms with Gasteiger partial charge < -0.3 is 5.32 Å². The summed E-state index contributed by atoms with van der Waals surface area (Å²) in [7, 11) is 0. The number of nitrogens with one attached hydrogen (secondary N) is 1. The molecule has 0 saturated heterocycles. The van der Waals surface area contributed by atoms with Crippen LogP contribution in [0.2, 0.25) is 0 Å². The fourth-order valence-corrected chi connectivity index (χ4v) is 3.17. The number of rotatable bonds is 3. The van der Waals surface area contributed by atoms with Gasteiger partial charge in [0.2, 0.25) is 0 Å². The van der Waals surface area contributed by atoms with Gasteiger partial charge in [-0.3, -0.25) is 4.79 Å². The first-order chi connectivity index (χ1) is 8.08. The maximum atomic E-state index is 11.5. The summed E-state index contributed by atoms with van der Waals surface area (Å²) >= 11 is 0. The lowest BCUT2D eigenvalue weighted by atomic mass is 9.77. The number of carbonyl (C=O) groups excluding carboxylic acids is 1. The fraction of sp³-hybridized carbons (Fsp3) is 0.615. The van der Waals surface area contributed by atoms with Gasteiger partial charge in [0.15, 0.2) is 5.78 Å². The number of fused-ring (bicyclic) bond motifs is 1. The fourth-order valence-electron chi connectivity index (χ4n) is 3.17. The summed E-state index contributed by atoms with van der Waals surface area (Å²) in [4.78, 5) is 20.0. The Balaban J connectivity index is 1.91. The molecule has 1 heterocycles. The van der Waals surface area contributed by atoms with E-state index in [0.29, 0.717) is 11.4 Å². The maximum Gasteiger partial charge on any atom is 0.165 e. The Morgan fingerprint density at radius 1 is 1.53 bits per heavy atom. The van der Waals surface area contributed by atoms with Gasteiger partial charge >= 0.3 is 0 Å². The Kier molecular flexibility index (Phi) is 2.21. The standard InChI is InChI=1S/C13H17N3O/c1-8(17)11-7-14-9(2)15-12(11)16-13-4-3-10(5-13)6-13/h7,10H,3-6H2,1-2H3,(H,14,15,16). The van der Waals surface area contributed by atoms with Crippen molar-refractivity contribution in [1.29, 1.82) is 0 Å². The third-order valence-corrected chi connectivity index (χ3v) is 4.06. The predicted molar refractivity (Wildman–Crippen MR) is 65.1 cm³/mol. The molecule has 3 fully saturated rings. The zero-order chi connectivity index (χ0) is 12.0. The number of carbonyl (C=O) groups is 1. The zero-order valence-electron chi connectivity index (χ0n) is 10.3. The van der Waals surface area contributed by atoms with Crippen molar-refractivity contribution in [2.24, 2.45) is 5.92 Å². The second-order valence-corrected chi connectivity index (χ2v) is 5.45. The molecule has 1 aromatic heterocycles. The molecule has 0 unspecified atom stereocenters. The van der Waals surface area contributed by atoms with Gasteiger partial charge in [-0.05, 0) is 45.4 Å². The molecule has 90 valence electrons. The van der Waals surface area contributed by atoms with Crippen LogP contribution in [0.1, 0.15) is 48.8 Å². The molecular formula is C13H17N3O. The molecule has 0 amide bonds. The highest BCUT2D eigenvalue weighted by atomic mass is 16.1. The second-order valence-electron chi connectivity index (χ2n) is 5.45. The van der Waals surface area contributed by atoms with Crippen LogP contribution in [0, 0.1) is 12.8 Å². The van der Waals surface area contributed by atoms with Gasteiger partial charge in [0, 0.05) is 11.7 Å². The van der Waals surface area contributed by atoms with Crippen LogP contribution in [-0.2, 0) is 0 Å². The Labute approximate surface area is 101 Å². The van der Waals surface area contributed by atoms with Crippen LogP contribution in [0.4, 0.5) is 5.82 Å². The molecule has 0 aromatic carbocycles. The Morgan fingerprint density at radius 3 is 2.88 bits per heavy atom. The van der Waals surface area contributed by atoms with Crippen molar-refractivity contribution in [3.63, 3.8) is 0 Å². The van der Waals surface area contributed by atoms with Gasteiger partial charge in [0.25, 0.3) is 0 Å². The average Bonchev–Trinajstić information content (AvgIpc) is 2.76. The molecule has 3 saturated carbocycles. The number of anilines is 1. The van der Waals surface area contributed by atoms with Crippen LogP contribution >= 0.6 is 0 Å². The SMILES string of the molecule is CC(=O)c1cnc(C)nc1NC12CCC(C1)C2. The lowest BCUT2D eigenvalue weighted by molar-refractivity contribution is 0.101. The summed E-state index contributed by atoms with van der Waals surface area (Å²) in [6.07, 6.45) is 6.61. The third-order valence-electron chi connectivity index (χ3n) is 4.06. The minimum Gasteiger partial charge on any atom is -0.364 e. The van der Waals surface area contributed by atoms with Gasteiger partial charge in [-0.25, -0.2) is 9.97 Å². The normalized spacial score (nSPS) is 29.9. The first kappa shape index (κ1) is 10.7. The monoisotopic (exact) mass is 231 g/mol. The summed E-state index contributed by atoms with van der Waals surface area (Å²) in [6.45, 7) is 3.42. The van der Waals surface area contributed by atoms with Gasteiger partial charge in [-0.1, -0.05) is 0 Å². The maximum absolute atomic E-state index is 11.5. The van der Waals surface area contributed by atoms with Gasteiger partial charge in [0.1, 0.15) is 11.6 Å². The van der Waals surface area contributed by atoms with Crippen LogP contribution in [0.3, 0.4) is 0 Å². The molecule has 0 radical (unpaired) electrons. The van der Waals surface area contributed by atoms with Crippen LogP contribution < -0.4 is 5.32 Å². The molecule has 2 bridgehead atoms. The van der Waals surface area contributed by atoms with E-state index in [1.54, 1.807) is 13.1 Å². The van der Waals surface area contributed by atoms with E-state index in [4.69, 9.17) is 0 Å². The van der Waals surface area contributed by atoms with Crippen molar-refractivity contribution in [2.75, 3.05) is 5.32 Å². The largest absolute Gasteiger partial charge is 0.364 e. The van der Waals surface area contributed by atoms with Crippen molar-refractivity contribution in [3.8, 4) is 0 Å². The van der Waals surface area contributed by atoms with Crippen LogP contribution in [0.5, 0.6) is 0 Å². The van der Waals surface area contributed by atoms with E-state index in [1.165, 1.54) is 25.7 Å². The highest BCUT2D eigenvalue weighted by molar-refractivity contribution is 5.98. The van der Waals surface area contributed by atoms with E-state index in [1.807, 2.05) is 6.92 Å². The topological polar surface area (TPSA) is 54.9 Å². The number of aromatic nitrogens is 2. The lowest BCUT2D eigenvalue weighted by Crippen LogP contribution is -2.43. The first-order valence-electron chi connectivity index (χ1n) is 6.21. The second kappa shape index (κ2) is 3.52. The molecule has 4 heteroatoms. The molecule has 0 spiro atoms. The molecule has 4 nitrogen and oxygen atoms in total. The molecule has 17 heavy (non-hydrogen) atoms. The van der Waals surface area contributed by atoms with Gasteiger partial charge in [0.05, 0.1) is 5.56 Å². The molecule has 0 atom stereocenters. The third kappa shape index (κ3) is 1.72. The van der Waals surface area contributed by atoms with E-state index in [-0.39, 0.29) is 11.3 Å². The van der Waals surface area contributed by atoms with Crippen molar-refractivity contribution in [1.82, 2.24) is 9.97 Å². The van der Waals surface area contributed by atoms with Crippen molar-refractivity contribution in [2.45, 2.75) is 45.1 Å². The zero-order valence-corrected chi connectivity index (χ0v) is 10.3. The first-order valence-corrected chi connectivity index (χ1v) is 6.21. The van der Waals surface area contributed by atoms with Crippen molar-refractivity contribution in [3.05, 3.63) is 17.6 Å². The quantitative estimate of drug-likeness (QED) is 0.811. The highest BCUT2D eigenvalue weighted by Gasteiger charge is 2.50. The average molecular weight is 231 g/mol. The lowest BCUT2D eigenvalue weighted by Gasteiger charge is -2.40. The number of aryl methyl sites for hydroxylation is 1. The number of nitrogens with zero attached hydrogens (tertiary/aromatic N) is 2. The number of ketones is 1. The summed E-state index contributed by atoms with van der Waals surface area (Å²) in [5.74, 6) is 2.36. The molecule has 3 aliphatic carbocycles. The molecular weight excluding hydrogens is 214 g/mol. The summed E-state index contributed by atoms with van der Waals surface area (Å²) in [5, 5.41) is 3.50. The Morgan fingerprint density at radius 2 is 2.29 bits per heavy atom. The minimum atomic E-state index is 0.0257. The summed E-state index contributed by atoms with van der Waals surface area (Å²) < 4.78 is 0. The molecule has 0 aliphatic heterocycles. The van der Waals surface area contributed by atoms with Gasteiger partial charge in [-0.15, -0.1) is 0 Å². The molecule has 4 rings (SSSR count). The summed E-state index contributed by atoms with van der Waals surface area (Å²) in [6, 6.07) is 0. The van der Waals surface area contributed by atoms with E-state index >= 15 is 0 Å². The van der Waals surface area contributed by atoms with Crippen molar-refractivity contribution < 1.29 is 4.79 Å². The predicted octanol–water partition coefficient (Wildman–Crippen LogP) is 2.34. The number of hydrogen-bond acceptors (Lipinski definition) is 4. The number of hydrogen-bond donors (Lipinski definition) is 1. The van der Waals surface area contributed by atoms with Crippen molar-refractivity contribution >= 4 is 11.6 Å². The van der Waals surface area contributed by atoms with Crippen LogP contribution in [-0.4, -0.2) is 21.3 Å². The van der Waals surface area contributed by atoms with E-state index < -0.39 is 0 Å². The highest BCUT2D eigenvalue weighted by Crippen LogP contribution is 2.53. The molecule has 3 aliphatic rings. The van der Waals surface area contributed by atoms with E-state index in [9.17, 15) is 4.79 Å². The van der Waals surface area contributed by atoms with Crippen LogP contribution in [0.25, 0.3) is 0 Å². The van der Waals surface area contributed by atoms with E-state index in [2.05, 4.69) is 15.3 Å². The number of Topliss-reactive ketones (excluding diaryl/α,β-unsaturated/α-hetero) is 1. The Hall–Kier alpha value is -1.45. The van der Waals surface area contributed by atoms with Crippen LogP contribution in [0.15, 0.2) is 6.20 Å². The molecule has 1 aromatic rings. The smallest absolute Gasteiger partial charge is 0.165 e. The summed E-state index contributed by atoms with van der Waals surface area (Å²) in [5.41, 5.74) is 0.829. The molecule has 1 N–H and O–H groups in total.